The minimum atomic E-state index is 0.0228. The van der Waals surface area contributed by atoms with E-state index in [1.807, 2.05) is 25.1 Å². The predicted molar refractivity (Wildman–Crippen MR) is 83.7 cm³/mol. The SMILES string of the molecule is CCCN(CC(=O)Nc1ccc(C)cc1N)CC1CC1. The van der Waals surface area contributed by atoms with Crippen LogP contribution in [0.2, 0.25) is 0 Å². The number of nitrogens with two attached hydrogens (primary N) is 1. The lowest BCUT2D eigenvalue weighted by Gasteiger charge is -2.21. The monoisotopic (exact) mass is 275 g/mol. The molecule has 1 aliphatic carbocycles. The molecule has 0 saturated heterocycles. The number of nitrogen functional groups attached to an aromatic ring is 1. The molecular formula is C16H25N3O. The zero-order valence-electron chi connectivity index (χ0n) is 12.5. The van der Waals surface area contributed by atoms with Crippen molar-refractivity contribution in [2.45, 2.75) is 33.1 Å². The van der Waals surface area contributed by atoms with Gasteiger partial charge in [-0.2, -0.15) is 0 Å². The maximum atomic E-state index is 12.1. The first-order valence-electron chi connectivity index (χ1n) is 7.46. The Balaban J connectivity index is 1.89. The van der Waals surface area contributed by atoms with Gasteiger partial charge >= 0.3 is 0 Å². The van der Waals surface area contributed by atoms with Crippen molar-refractivity contribution in [2.75, 3.05) is 30.7 Å². The Bertz CT molecular complexity index is 469. The van der Waals surface area contributed by atoms with Gasteiger partial charge in [0.15, 0.2) is 0 Å². The van der Waals surface area contributed by atoms with Gasteiger partial charge in [-0.1, -0.05) is 13.0 Å². The molecule has 1 saturated carbocycles. The Labute approximate surface area is 121 Å². The minimum absolute atomic E-state index is 0.0228. The summed E-state index contributed by atoms with van der Waals surface area (Å²) in [7, 11) is 0. The van der Waals surface area contributed by atoms with Crippen LogP contribution < -0.4 is 11.1 Å². The predicted octanol–water partition coefficient (Wildman–Crippen LogP) is 2.64. The van der Waals surface area contributed by atoms with Crippen LogP contribution in [-0.2, 0) is 4.79 Å². The normalized spacial score (nSPS) is 14.6. The number of amides is 1. The number of anilines is 2. The molecule has 20 heavy (non-hydrogen) atoms. The highest BCUT2D eigenvalue weighted by Gasteiger charge is 2.24. The maximum Gasteiger partial charge on any atom is 0.238 e. The molecule has 110 valence electrons. The fourth-order valence-electron chi connectivity index (χ4n) is 2.41. The average molecular weight is 275 g/mol. The maximum absolute atomic E-state index is 12.1. The number of rotatable bonds is 7. The van der Waals surface area contributed by atoms with E-state index in [4.69, 9.17) is 5.73 Å². The van der Waals surface area contributed by atoms with Crippen LogP contribution in [0.5, 0.6) is 0 Å². The van der Waals surface area contributed by atoms with Crippen LogP contribution in [0.1, 0.15) is 31.7 Å². The van der Waals surface area contributed by atoms with Crippen LogP contribution in [-0.4, -0.2) is 30.4 Å². The number of hydrogen-bond acceptors (Lipinski definition) is 3. The van der Waals surface area contributed by atoms with Crippen molar-refractivity contribution in [3.8, 4) is 0 Å². The van der Waals surface area contributed by atoms with Crippen molar-refractivity contribution in [1.29, 1.82) is 0 Å². The molecule has 1 amide bonds. The average Bonchev–Trinajstić information content (AvgIpc) is 3.17. The summed E-state index contributed by atoms with van der Waals surface area (Å²) in [6.45, 7) is 6.62. The number of benzene rings is 1. The summed E-state index contributed by atoms with van der Waals surface area (Å²) < 4.78 is 0. The number of nitrogens with zero attached hydrogens (tertiary/aromatic N) is 1. The first-order chi connectivity index (χ1) is 9.58. The third-order valence-electron chi connectivity index (χ3n) is 3.60. The molecule has 0 radical (unpaired) electrons. The van der Waals surface area contributed by atoms with E-state index in [1.54, 1.807) is 0 Å². The second kappa shape index (κ2) is 6.75. The molecule has 0 spiro atoms. The molecule has 4 nitrogen and oxygen atoms in total. The molecule has 1 aromatic rings. The van der Waals surface area contributed by atoms with E-state index in [0.29, 0.717) is 17.9 Å². The summed E-state index contributed by atoms with van der Waals surface area (Å²) in [6.07, 6.45) is 3.70. The van der Waals surface area contributed by atoms with E-state index in [2.05, 4.69) is 17.1 Å². The number of carbonyl (C=O) groups is 1. The fourth-order valence-corrected chi connectivity index (χ4v) is 2.41. The summed E-state index contributed by atoms with van der Waals surface area (Å²) in [5, 5.41) is 2.91. The lowest BCUT2D eigenvalue weighted by molar-refractivity contribution is -0.117. The van der Waals surface area contributed by atoms with Gasteiger partial charge in [-0.25, -0.2) is 0 Å². The van der Waals surface area contributed by atoms with Crippen molar-refractivity contribution >= 4 is 17.3 Å². The van der Waals surface area contributed by atoms with E-state index in [0.717, 1.165) is 31.0 Å². The smallest absolute Gasteiger partial charge is 0.238 e. The largest absolute Gasteiger partial charge is 0.397 e. The van der Waals surface area contributed by atoms with Crippen LogP contribution in [0.15, 0.2) is 18.2 Å². The molecule has 1 aliphatic rings. The zero-order valence-corrected chi connectivity index (χ0v) is 12.5. The molecule has 1 aromatic carbocycles. The van der Waals surface area contributed by atoms with Gasteiger partial charge in [0, 0.05) is 6.54 Å². The Morgan fingerprint density at radius 2 is 2.20 bits per heavy atom. The van der Waals surface area contributed by atoms with Gasteiger partial charge in [-0.15, -0.1) is 0 Å². The second-order valence-electron chi connectivity index (χ2n) is 5.82. The highest BCUT2D eigenvalue weighted by Crippen LogP contribution is 2.29. The Kier molecular flexibility index (Phi) is 5.01. The van der Waals surface area contributed by atoms with Gasteiger partial charge in [0.2, 0.25) is 5.91 Å². The highest BCUT2D eigenvalue weighted by atomic mass is 16.2. The highest BCUT2D eigenvalue weighted by molar-refractivity contribution is 5.95. The molecule has 2 rings (SSSR count). The van der Waals surface area contributed by atoms with Crippen molar-refractivity contribution < 1.29 is 4.79 Å². The topological polar surface area (TPSA) is 58.4 Å². The molecule has 0 aromatic heterocycles. The molecule has 4 heteroatoms. The second-order valence-corrected chi connectivity index (χ2v) is 5.82. The summed E-state index contributed by atoms with van der Waals surface area (Å²) >= 11 is 0. The number of carbonyl (C=O) groups excluding carboxylic acids is 1. The van der Waals surface area contributed by atoms with Crippen LogP contribution >= 0.6 is 0 Å². The third-order valence-corrected chi connectivity index (χ3v) is 3.60. The van der Waals surface area contributed by atoms with Crippen molar-refractivity contribution in [3.05, 3.63) is 23.8 Å². The molecule has 1 fully saturated rings. The van der Waals surface area contributed by atoms with Crippen LogP contribution in [0.3, 0.4) is 0 Å². The van der Waals surface area contributed by atoms with E-state index >= 15 is 0 Å². The van der Waals surface area contributed by atoms with Crippen LogP contribution in [0.4, 0.5) is 11.4 Å². The molecule has 0 bridgehead atoms. The number of nitrogens with one attached hydrogen (secondary N) is 1. The van der Waals surface area contributed by atoms with Crippen molar-refractivity contribution in [3.63, 3.8) is 0 Å². The summed E-state index contributed by atoms with van der Waals surface area (Å²) in [6, 6.07) is 5.71. The Morgan fingerprint density at radius 3 is 2.80 bits per heavy atom. The minimum Gasteiger partial charge on any atom is -0.397 e. The summed E-state index contributed by atoms with van der Waals surface area (Å²) in [5.74, 6) is 0.827. The lowest BCUT2D eigenvalue weighted by Crippen LogP contribution is -2.35. The standard InChI is InChI=1S/C16H25N3O/c1-3-8-19(10-13-5-6-13)11-16(20)18-15-7-4-12(2)9-14(15)17/h4,7,9,13H,3,5-6,8,10-11,17H2,1-2H3,(H,18,20). The van der Waals surface area contributed by atoms with E-state index in [9.17, 15) is 4.79 Å². The number of hydrogen-bond donors (Lipinski definition) is 2. The summed E-state index contributed by atoms with van der Waals surface area (Å²) in [4.78, 5) is 14.4. The quantitative estimate of drug-likeness (QED) is 0.752. The van der Waals surface area contributed by atoms with Gasteiger partial charge in [0.1, 0.15) is 0 Å². The van der Waals surface area contributed by atoms with Crippen LogP contribution in [0.25, 0.3) is 0 Å². The van der Waals surface area contributed by atoms with Gasteiger partial charge in [0.05, 0.1) is 17.9 Å². The molecule has 0 aliphatic heterocycles. The van der Waals surface area contributed by atoms with Crippen LogP contribution in [0, 0.1) is 12.8 Å². The van der Waals surface area contributed by atoms with E-state index < -0.39 is 0 Å². The first kappa shape index (κ1) is 14.9. The summed E-state index contributed by atoms with van der Waals surface area (Å²) in [5.41, 5.74) is 8.36. The lowest BCUT2D eigenvalue weighted by atomic mass is 10.2. The van der Waals surface area contributed by atoms with E-state index in [1.165, 1.54) is 12.8 Å². The Hall–Kier alpha value is -1.55. The van der Waals surface area contributed by atoms with Crippen molar-refractivity contribution in [1.82, 2.24) is 4.90 Å². The van der Waals surface area contributed by atoms with Gasteiger partial charge < -0.3 is 11.1 Å². The van der Waals surface area contributed by atoms with E-state index in [-0.39, 0.29) is 5.91 Å². The zero-order chi connectivity index (χ0) is 14.5. The van der Waals surface area contributed by atoms with Crippen molar-refractivity contribution in [2.24, 2.45) is 5.92 Å². The van der Waals surface area contributed by atoms with Gasteiger partial charge in [0.25, 0.3) is 0 Å². The molecular weight excluding hydrogens is 250 g/mol. The molecule has 0 heterocycles. The third kappa shape index (κ3) is 4.53. The van der Waals surface area contributed by atoms with Gasteiger partial charge in [-0.05, 0) is 56.3 Å². The Morgan fingerprint density at radius 1 is 1.45 bits per heavy atom. The first-order valence-corrected chi connectivity index (χ1v) is 7.46. The van der Waals surface area contributed by atoms with Gasteiger partial charge in [-0.3, -0.25) is 9.69 Å². The fraction of sp³-hybridized carbons (Fsp3) is 0.562. The molecule has 0 unspecified atom stereocenters. The molecule has 0 atom stereocenters. The number of aryl methyl sites for hydroxylation is 1. The molecule has 3 N–H and O–H groups in total.